The number of carboxylic acid groups (broad SMARTS) is 1. The first-order valence-corrected chi connectivity index (χ1v) is 8.83. The Morgan fingerprint density at radius 1 is 1.10 bits per heavy atom. The molecular weight excluding hydrogens is 404 g/mol. The highest BCUT2D eigenvalue weighted by molar-refractivity contribution is 6.02. The fourth-order valence-corrected chi connectivity index (χ4v) is 2.78. The van der Waals surface area contributed by atoms with E-state index in [1.807, 2.05) is 0 Å². The van der Waals surface area contributed by atoms with Crippen molar-refractivity contribution >= 4 is 23.6 Å². The normalized spacial score (nSPS) is 10.6. The van der Waals surface area contributed by atoms with Crippen molar-refractivity contribution in [3.05, 3.63) is 78.1 Å². The number of primary amides is 1. The first-order chi connectivity index (χ1) is 14.9. The summed E-state index contributed by atoms with van der Waals surface area (Å²) in [5.74, 6) is -2.11. The molecule has 3 aromatic heterocycles. The van der Waals surface area contributed by atoms with Crippen molar-refractivity contribution in [2.45, 2.75) is 0 Å². The summed E-state index contributed by atoms with van der Waals surface area (Å²) in [5, 5.41) is 15.9. The zero-order chi connectivity index (χ0) is 22.0. The van der Waals surface area contributed by atoms with Gasteiger partial charge in [-0.1, -0.05) is 0 Å². The number of carbonyl (C=O) groups excluding carboxylic acids is 2. The number of carbonyl (C=O) groups is 3. The zero-order valence-corrected chi connectivity index (χ0v) is 15.7. The molecule has 0 fully saturated rings. The topological polar surface area (TPSA) is 166 Å². The average molecular weight is 418 g/mol. The van der Waals surface area contributed by atoms with E-state index in [9.17, 15) is 14.4 Å². The summed E-state index contributed by atoms with van der Waals surface area (Å²) in [4.78, 5) is 43.4. The summed E-state index contributed by atoms with van der Waals surface area (Å²) in [6.45, 7) is 0. The maximum absolute atomic E-state index is 12.5. The van der Waals surface area contributed by atoms with Gasteiger partial charge < -0.3 is 20.6 Å². The fourth-order valence-electron chi connectivity index (χ4n) is 2.78. The van der Waals surface area contributed by atoms with Crippen molar-refractivity contribution in [3.63, 3.8) is 0 Å². The molecule has 4 N–H and O–H groups in total. The number of carboxylic acids is 1. The molecule has 154 valence electrons. The molecule has 0 atom stereocenters. The number of nitrogens with two attached hydrogens (primary N) is 1. The molecule has 11 nitrogen and oxygen atoms in total. The first kappa shape index (κ1) is 19.5. The van der Waals surface area contributed by atoms with E-state index in [1.165, 1.54) is 35.3 Å². The van der Waals surface area contributed by atoms with Gasteiger partial charge >= 0.3 is 5.97 Å². The van der Waals surface area contributed by atoms with E-state index in [0.29, 0.717) is 5.56 Å². The van der Waals surface area contributed by atoms with Gasteiger partial charge in [-0.15, -0.1) is 0 Å². The van der Waals surface area contributed by atoms with Crippen molar-refractivity contribution in [1.82, 2.24) is 19.7 Å². The van der Waals surface area contributed by atoms with Gasteiger partial charge in [-0.25, -0.2) is 14.5 Å². The lowest BCUT2D eigenvalue weighted by atomic mass is 10.1. The third-order valence-electron chi connectivity index (χ3n) is 4.25. The molecule has 4 aromatic rings. The lowest BCUT2D eigenvalue weighted by Gasteiger charge is -2.08. The summed E-state index contributed by atoms with van der Waals surface area (Å²) in [6, 6.07) is 8.77. The molecule has 0 aliphatic heterocycles. The van der Waals surface area contributed by atoms with E-state index in [2.05, 4.69) is 20.4 Å². The van der Waals surface area contributed by atoms with Crippen molar-refractivity contribution in [1.29, 1.82) is 0 Å². The molecule has 0 aliphatic carbocycles. The highest BCUT2D eigenvalue weighted by Crippen LogP contribution is 2.20. The summed E-state index contributed by atoms with van der Waals surface area (Å²) < 4.78 is 6.63. The van der Waals surface area contributed by atoms with Gasteiger partial charge in [0.1, 0.15) is 6.26 Å². The van der Waals surface area contributed by atoms with Crippen LogP contribution in [-0.4, -0.2) is 42.6 Å². The van der Waals surface area contributed by atoms with Gasteiger partial charge in [0.15, 0.2) is 11.5 Å². The molecule has 0 unspecified atom stereocenters. The number of nitrogens with one attached hydrogen (secondary N) is 1. The van der Waals surface area contributed by atoms with Crippen LogP contribution in [0.5, 0.6) is 0 Å². The van der Waals surface area contributed by atoms with Crippen molar-refractivity contribution in [2.24, 2.45) is 5.73 Å². The van der Waals surface area contributed by atoms with Crippen LogP contribution in [0.25, 0.3) is 17.1 Å². The van der Waals surface area contributed by atoms with Crippen LogP contribution in [0.2, 0.25) is 0 Å². The Kier molecular flexibility index (Phi) is 4.98. The number of aromatic nitrogens is 4. The van der Waals surface area contributed by atoms with Crippen LogP contribution in [0.3, 0.4) is 0 Å². The van der Waals surface area contributed by atoms with Gasteiger partial charge in [0.2, 0.25) is 5.89 Å². The summed E-state index contributed by atoms with van der Waals surface area (Å²) in [6.07, 6.45) is 5.87. The molecule has 0 saturated carbocycles. The summed E-state index contributed by atoms with van der Waals surface area (Å²) >= 11 is 0. The monoisotopic (exact) mass is 418 g/mol. The van der Waals surface area contributed by atoms with Gasteiger partial charge in [0.25, 0.3) is 11.8 Å². The van der Waals surface area contributed by atoms with E-state index < -0.39 is 17.8 Å². The molecule has 1 aromatic carbocycles. The predicted octanol–water partition coefficient (Wildman–Crippen LogP) is 1.97. The number of hydrogen-bond donors (Lipinski definition) is 3. The lowest BCUT2D eigenvalue weighted by Crippen LogP contribution is -2.17. The van der Waals surface area contributed by atoms with Crippen LogP contribution in [0, 0.1) is 0 Å². The summed E-state index contributed by atoms with van der Waals surface area (Å²) in [5.41, 5.74) is 6.23. The molecule has 11 heteroatoms. The van der Waals surface area contributed by atoms with Crippen LogP contribution in [0.1, 0.15) is 31.2 Å². The number of benzene rings is 1. The second kappa shape index (κ2) is 7.91. The molecule has 0 saturated heterocycles. The minimum Gasteiger partial charge on any atom is -0.478 e. The number of amides is 2. The van der Waals surface area contributed by atoms with Crippen LogP contribution >= 0.6 is 0 Å². The zero-order valence-electron chi connectivity index (χ0n) is 15.7. The van der Waals surface area contributed by atoms with Crippen LogP contribution < -0.4 is 11.1 Å². The number of aromatic carboxylic acids is 1. The number of rotatable bonds is 6. The van der Waals surface area contributed by atoms with E-state index in [0.717, 1.165) is 6.07 Å². The maximum atomic E-state index is 12.5. The van der Waals surface area contributed by atoms with Gasteiger partial charge in [0, 0.05) is 30.2 Å². The van der Waals surface area contributed by atoms with Crippen LogP contribution in [0.15, 0.2) is 65.7 Å². The van der Waals surface area contributed by atoms with Gasteiger partial charge in [-0.3, -0.25) is 14.6 Å². The average Bonchev–Trinajstić information content (AvgIpc) is 3.44. The highest BCUT2D eigenvalue weighted by Gasteiger charge is 2.17. The SMILES string of the molecule is NC(=O)c1cc(C(=O)O)ccc1-n1ccc(NC(=O)c2coc(-c3ccncc3)n2)n1. The molecule has 31 heavy (non-hydrogen) atoms. The molecule has 4 rings (SSSR count). The Balaban J connectivity index is 1.55. The number of oxazole rings is 1. The van der Waals surface area contributed by atoms with Crippen molar-refractivity contribution < 1.29 is 23.9 Å². The molecule has 0 bridgehead atoms. The third-order valence-corrected chi connectivity index (χ3v) is 4.25. The smallest absolute Gasteiger partial charge is 0.335 e. The highest BCUT2D eigenvalue weighted by atomic mass is 16.4. The Hall–Kier alpha value is -4.80. The Morgan fingerprint density at radius 3 is 2.58 bits per heavy atom. The van der Waals surface area contributed by atoms with E-state index >= 15 is 0 Å². The molecule has 0 spiro atoms. The van der Waals surface area contributed by atoms with Crippen LogP contribution in [0.4, 0.5) is 5.82 Å². The van der Waals surface area contributed by atoms with Gasteiger partial charge in [0.05, 0.1) is 16.8 Å². The Labute approximate surface area is 174 Å². The molecule has 2 amide bonds. The number of nitrogens with zero attached hydrogens (tertiary/aromatic N) is 4. The Bertz CT molecular complexity index is 1290. The third kappa shape index (κ3) is 4.00. The molecule has 3 heterocycles. The molecule has 0 radical (unpaired) electrons. The van der Waals surface area contributed by atoms with Crippen molar-refractivity contribution in [2.75, 3.05) is 5.32 Å². The first-order valence-electron chi connectivity index (χ1n) is 8.83. The molecular formula is C20H14N6O5. The van der Waals surface area contributed by atoms with E-state index in [1.54, 1.807) is 24.5 Å². The second-order valence-electron chi connectivity index (χ2n) is 6.27. The van der Waals surface area contributed by atoms with Gasteiger partial charge in [-0.2, -0.15) is 5.10 Å². The summed E-state index contributed by atoms with van der Waals surface area (Å²) in [7, 11) is 0. The maximum Gasteiger partial charge on any atom is 0.335 e. The number of pyridine rings is 1. The minimum atomic E-state index is -1.19. The van der Waals surface area contributed by atoms with Crippen molar-refractivity contribution in [3.8, 4) is 17.1 Å². The van der Waals surface area contributed by atoms with E-state index in [4.69, 9.17) is 15.3 Å². The molecule has 0 aliphatic rings. The van der Waals surface area contributed by atoms with E-state index in [-0.39, 0.29) is 34.2 Å². The van der Waals surface area contributed by atoms with Gasteiger partial charge in [-0.05, 0) is 30.3 Å². The fraction of sp³-hybridized carbons (Fsp3) is 0. The van der Waals surface area contributed by atoms with Crippen LogP contribution in [-0.2, 0) is 0 Å². The lowest BCUT2D eigenvalue weighted by molar-refractivity contribution is 0.0696. The number of hydrogen-bond acceptors (Lipinski definition) is 7. The largest absolute Gasteiger partial charge is 0.478 e. The quantitative estimate of drug-likeness (QED) is 0.427. The predicted molar refractivity (Wildman–Crippen MR) is 107 cm³/mol. The number of anilines is 1. The Morgan fingerprint density at radius 2 is 1.87 bits per heavy atom. The minimum absolute atomic E-state index is 0.0284. The standard InChI is InChI=1S/C20H14N6O5/c21-17(27)13-9-12(20(29)30)1-2-15(13)26-8-5-16(25-26)24-18(28)14-10-31-19(23-14)11-3-6-22-7-4-11/h1-10H,(H2,21,27)(H,29,30)(H,24,25,28). The second-order valence-corrected chi connectivity index (χ2v) is 6.27.